The average molecular weight is 256 g/mol. The second-order valence-corrected chi connectivity index (χ2v) is 5.14. The molecule has 2 unspecified atom stereocenters. The van der Waals surface area contributed by atoms with Gasteiger partial charge in [0.05, 0.1) is 31.5 Å². The van der Waals surface area contributed by atoms with Crippen LogP contribution >= 0.6 is 0 Å². The van der Waals surface area contributed by atoms with E-state index in [1.54, 1.807) is 0 Å². The monoisotopic (exact) mass is 256 g/mol. The lowest BCUT2D eigenvalue weighted by molar-refractivity contribution is -0.130. The summed E-state index contributed by atoms with van der Waals surface area (Å²) in [5, 5.41) is 6.39. The maximum atomic E-state index is 12.3. The highest BCUT2D eigenvalue weighted by Gasteiger charge is 2.39. The summed E-state index contributed by atoms with van der Waals surface area (Å²) in [6.07, 6.45) is 3.94. The largest absolute Gasteiger partial charge is 0.376 e. The highest BCUT2D eigenvalue weighted by atomic mass is 16.6. The Morgan fingerprint density at radius 3 is 3.00 bits per heavy atom. The molecule has 2 aliphatic heterocycles. The van der Waals surface area contributed by atoms with E-state index in [2.05, 4.69) is 17.6 Å². The SMILES string of the molecule is CCCC1(C(=O)NCC2COCCO2)CCCN1. The average Bonchev–Trinajstić information content (AvgIpc) is 2.87. The van der Waals surface area contributed by atoms with Gasteiger partial charge in [-0.1, -0.05) is 13.3 Å². The first-order valence-corrected chi connectivity index (χ1v) is 6.99. The summed E-state index contributed by atoms with van der Waals surface area (Å²) in [6, 6.07) is 0. The zero-order chi connectivity index (χ0) is 12.8. The number of carbonyl (C=O) groups excluding carboxylic acids is 1. The second-order valence-electron chi connectivity index (χ2n) is 5.14. The molecule has 2 aliphatic rings. The molecule has 2 N–H and O–H groups in total. The topological polar surface area (TPSA) is 59.6 Å². The molecule has 0 spiro atoms. The van der Waals surface area contributed by atoms with Crippen LogP contribution in [-0.2, 0) is 14.3 Å². The Kier molecular flexibility index (Phi) is 4.97. The summed E-state index contributed by atoms with van der Waals surface area (Å²) < 4.78 is 10.8. The van der Waals surface area contributed by atoms with Crippen molar-refractivity contribution in [2.45, 2.75) is 44.2 Å². The minimum atomic E-state index is -0.343. The molecule has 0 radical (unpaired) electrons. The van der Waals surface area contributed by atoms with Gasteiger partial charge in [-0.3, -0.25) is 4.79 Å². The fourth-order valence-electron chi connectivity index (χ4n) is 2.78. The van der Waals surface area contributed by atoms with Crippen molar-refractivity contribution in [1.29, 1.82) is 0 Å². The molecule has 0 bridgehead atoms. The normalized spacial score (nSPS) is 32.4. The lowest BCUT2D eigenvalue weighted by Crippen LogP contribution is -2.55. The first-order chi connectivity index (χ1) is 8.77. The molecule has 5 nitrogen and oxygen atoms in total. The minimum absolute atomic E-state index is 0.00257. The molecule has 2 saturated heterocycles. The zero-order valence-electron chi connectivity index (χ0n) is 11.2. The van der Waals surface area contributed by atoms with Crippen LogP contribution in [0.3, 0.4) is 0 Å². The van der Waals surface area contributed by atoms with Gasteiger partial charge in [-0.2, -0.15) is 0 Å². The van der Waals surface area contributed by atoms with Gasteiger partial charge in [0.1, 0.15) is 0 Å². The smallest absolute Gasteiger partial charge is 0.240 e. The summed E-state index contributed by atoms with van der Waals surface area (Å²) in [5.41, 5.74) is -0.343. The standard InChI is InChI=1S/C13H24N2O3/c1-2-4-13(5-3-6-15-13)12(16)14-9-11-10-17-7-8-18-11/h11,15H,2-10H2,1H3,(H,14,16). The van der Waals surface area contributed by atoms with E-state index in [0.29, 0.717) is 26.4 Å². The number of carbonyl (C=O) groups is 1. The van der Waals surface area contributed by atoms with Crippen molar-refractivity contribution in [2.75, 3.05) is 32.9 Å². The number of ether oxygens (including phenoxy) is 2. The summed E-state index contributed by atoms with van der Waals surface area (Å²) in [4.78, 5) is 12.3. The highest BCUT2D eigenvalue weighted by molar-refractivity contribution is 5.86. The molecule has 5 heteroatoms. The van der Waals surface area contributed by atoms with Gasteiger partial charge in [-0.05, 0) is 25.8 Å². The number of nitrogens with one attached hydrogen (secondary N) is 2. The molecule has 1 amide bonds. The van der Waals surface area contributed by atoms with Crippen LogP contribution in [0.25, 0.3) is 0 Å². The molecule has 0 aromatic rings. The second kappa shape index (κ2) is 6.50. The lowest BCUT2D eigenvalue weighted by Gasteiger charge is -2.29. The molecule has 18 heavy (non-hydrogen) atoms. The van der Waals surface area contributed by atoms with Gasteiger partial charge in [0.25, 0.3) is 0 Å². The van der Waals surface area contributed by atoms with Gasteiger partial charge in [0.15, 0.2) is 0 Å². The van der Waals surface area contributed by atoms with E-state index < -0.39 is 0 Å². The van der Waals surface area contributed by atoms with Gasteiger partial charge in [-0.15, -0.1) is 0 Å². The van der Waals surface area contributed by atoms with Gasteiger partial charge in [0, 0.05) is 6.54 Å². The van der Waals surface area contributed by atoms with Crippen molar-refractivity contribution in [3.05, 3.63) is 0 Å². The molecular weight excluding hydrogens is 232 g/mol. The van der Waals surface area contributed by atoms with Crippen LogP contribution in [0.15, 0.2) is 0 Å². The van der Waals surface area contributed by atoms with E-state index in [1.807, 2.05) is 0 Å². The Labute approximate surface area is 109 Å². The molecular formula is C13H24N2O3. The molecule has 0 aliphatic carbocycles. The van der Waals surface area contributed by atoms with Gasteiger partial charge in [-0.25, -0.2) is 0 Å². The number of hydrogen-bond donors (Lipinski definition) is 2. The first kappa shape index (κ1) is 13.8. The Bertz CT molecular complexity index is 271. The summed E-state index contributed by atoms with van der Waals surface area (Å²) in [7, 11) is 0. The Balaban J connectivity index is 1.81. The Morgan fingerprint density at radius 2 is 2.39 bits per heavy atom. The molecule has 2 rings (SSSR count). The molecule has 0 aromatic carbocycles. The van der Waals surface area contributed by atoms with Crippen molar-refractivity contribution in [2.24, 2.45) is 0 Å². The van der Waals surface area contributed by atoms with E-state index >= 15 is 0 Å². The van der Waals surface area contributed by atoms with E-state index in [-0.39, 0.29) is 17.6 Å². The van der Waals surface area contributed by atoms with E-state index in [9.17, 15) is 4.79 Å². The van der Waals surface area contributed by atoms with Crippen LogP contribution in [-0.4, -0.2) is 50.5 Å². The maximum absolute atomic E-state index is 12.3. The third-order valence-corrected chi connectivity index (χ3v) is 3.73. The summed E-state index contributed by atoms with van der Waals surface area (Å²) in [6.45, 7) is 5.47. The van der Waals surface area contributed by atoms with Crippen molar-refractivity contribution in [3.8, 4) is 0 Å². The van der Waals surface area contributed by atoms with E-state index in [4.69, 9.17) is 9.47 Å². The molecule has 2 atom stereocenters. The Hall–Kier alpha value is -0.650. The van der Waals surface area contributed by atoms with Crippen LogP contribution < -0.4 is 10.6 Å². The maximum Gasteiger partial charge on any atom is 0.240 e. The minimum Gasteiger partial charge on any atom is -0.376 e. The van der Waals surface area contributed by atoms with Gasteiger partial charge in [0.2, 0.25) is 5.91 Å². The third-order valence-electron chi connectivity index (χ3n) is 3.73. The van der Waals surface area contributed by atoms with E-state index in [1.165, 1.54) is 0 Å². The fourth-order valence-corrected chi connectivity index (χ4v) is 2.78. The van der Waals surface area contributed by atoms with Crippen molar-refractivity contribution < 1.29 is 14.3 Å². The zero-order valence-corrected chi connectivity index (χ0v) is 11.2. The van der Waals surface area contributed by atoms with Gasteiger partial charge >= 0.3 is 0 Å². The van der Waals surface area contributed by atoms with Crippen molar-refractivity contribution >= 4 is 5.91 Å². The van der Waals surface area contributed by atoms with E-state index in [0.717, 1.165) is 32.2 Å². The van der Waals surface area contributed by atoms with Crippen LogP contribution in [0.5, 0.6) is 0 Å². The third kappa shape index (κ3) is 3.22. The van der Waals surface area contributed by atoms with Crippen LogP contribution in [0.4, 0.5) is 0 Å². The quantitative estimate of drug-likeness (QED) is 0.749. The number of rotatable bonds is 5. The van der Waals surface area contributed by atoms with Crippen molar-refractivity contribution in [3.63, 3.8) is 0 Å². The van der Waals surface area contributed by atoms with Crippen molar-refractivity contribution in [1.82, 2.24) is 10.6 Å². The Morgan fingerprint density at radius 1 is 1.50 bits per heavy atom. The lowest BCUT2D eigenvalue weighted by atomic mass is 9.91. The molecule has 2 heterocycles. The fraction of sp³-hybridized carbons (Fsp3) is 0.923. The van der Waals surface area contributed by atoms with Crippen LogP contribution in [0, 0.1) is 0 Å². The molecule has 0 saturated carbocycles. The molecule has 2 fully saturated rings. The predicted octanol–water partition coefficient (Wildman–Crippen LogP) is 0.440. The number of amides is 1. The summed E-state index contributed by atoms with van der Waals surface area (Å²) >= 11 is 0. The first-order valence-electron chi connectivity index (χ1n) is 6.99. The summed E-state index contributed by atoms with van der Waals surface area (Å²) in [5.74, 6) is 0.121. The predicted molar refractivity (Wildman–Crippen MR) is 68.4 cm³/mol. The van der Waals surface area contributed by atoms with Crippen LogP contribution in [0.1, 0.15) is 32.6 Å². The molecule has 104 valence electrons. The number of hydrogen-bond acceptors (Lipinski definition) is 4. The highest BCUT2D eigenvalue weighted by Crippen LogP contribution is 2.24. The molecule has 0 aromatic heterocycles. The van der Waals surface area contributed by atoms with Gasteiger partial charge < -0.3 is 20.1 Å². The van der Waals surface area contributed by atoms with Crippen LogP contribution in [0.2, 0.25) is 0 Å².